The smallest absolute Gasteiger partial charge is 0.319 e. The van der Waals surface area contributed by atoms with Crippen molar-refractivity contribution in [3.63, 3.8) is 0 Å². The van der Waals surface area contributed by atoms with Crippen LogP contribution in [0.3, 0.4) is 0 Å². The van der Waals surface area contributed by atoms with Crippen LogP contribution < -0.4 is 10.6 Å². The molecular weight excluding hydrogens is 256 g/mol. The first-order valence-electron chi connectivity index (χ1n) is 6.75. The van der Waals surface area contributed by atoms with Crippen LogP contribution in [0.25, 0.3) is 0 Å². The summed E-state index contributed by atoms with van der Waals surface area (Å²) >= 11 is 0. The van der Waals surface area contributed by atoms with Crippen molar-refractivity contribution in [3.8, 4) is 0 Å². The minimum Gasteiger partial charge on any atom is -0.396 e. The first kappa shape index (κ1) is 16.4. The monoisotopic (exact) mass is 280 g/mol. The van der Waals surface area contributed by atoms with Crippen molar-refractivity contribution in [2.45, 2.75) is 46.1 Å². The van der Waals surface area contributed by atoms with E-state index in [0.29, 0.717) is 5.69 Å². The predicted molar refractivity (Wildman–Crippen MR) is 78.6 cm³/mol. The molecule has 112 valence electrons. The summed E-state index contributed by atoms with van der Waals surface area (Å²) in [6, 6.07) is -0.445. The fourth-order valence-electron chi connectivity index (χ4n) is 1.45. The average Bonchev–Trinajstić information content (AvgIpc) is 2.37. The van der Waals surface area contributed by atoms with Crippen molar-refractivity contribution < 1.29 is 9.90 Å². The molecule has 0 fully saturated rings. The molecule has 20 heavy (non-hydrogen) atoms. The Morgan fingerprint density at radius 1 is 1.30 bits per heavy atom. The van der Waals surface area contributed by atoms with Gasteiger partial charge in [-0.05, 0) is 12.8 Å². The van der Waals surface area contributed by atoms with Gasteiger partial charge in [0.2, 0.25) is 0 Å². The Labute approximate surface area is 120 Å². The van der Waals surface area contributed by atoms with Crippen LogP contribution in [-0.2, 0) is 5.41 Å². The summed E-state index contributed by atoms with van der Waals surface area (Å²) in [5.41, 5.74) is 0.422. The molecule has 0 aliphatic heterocycles. The molecule has 0 aromatic carbocycles. The summed E-state index contributed by atoms with van der Waals surface area (Å²) in [6.07, 6.45) is 3.18. The summed E-state index contributed by atoms with van der Waals surface area (Å²) in [4.78, 5) is 20.2. The van der Waals surface area contributed by atoms with Crippen molar-refractivity contribution in [1.82, 2.24) is 15.3 Å². The maximum absolute atomic E-state index is 11.8. The molecule has 0 radical (unpaired) electrons. The van der Waals surface area contributed by atoms with Crippen molar-refractivity contribution in [2.24, 2.45) is 5.92 Å². The van der Waals surface area contributed by atoms with Crippen LogP contribution in [0.15, 0.2) is 12.4 Å². The van der Waals surface area contributed by atoms with Gasteiger partial charge in [-0.15, -0.1) is 0 Å². The van der Waals surface area contributed by atoms with E-state index in [9.17, 15) is 4.79 Å². The quantitative estimate of drug-likeness (QED) is 0.786. The van der Waals surface area contributed by atoms with Gasteiger partial charge in [0.15, 0.2) is 0 Å². The SMILES string of the molecule is C[C@H](NC(=O)Nc1cnc(C(C)(C)C)nc1)[C@@H](C)CO. The van der Waals surface area contributed by atoms with Crippen LogP contribution in [-0.4, -0.2) is 33.8 Å². The van der Waals surface area contributed by atoms with Gasteiger partial charge in [0.1, 0.15) is 5.82 Å². The van der Waals surface area contributed by atoms with Crippen LogP contribution in [0, 0.1) is 5.92 Å². The number of hydrogen-bond donors (Lipinski definition) is 3. The highest BCUT2D eigenvalue weighted by Crippen LogP contribution is 2.18. The van der Waals surface area contributed by atoms with Crippen molar-refractivity contribution in [3.05, 3.63) is 18.2 Å². The van der Waals surface area contributed by atoms with E-state index in [1.165, 1.54) is 0 Å². The molecule has 1 aromatic rings. The molecule has 0 aliphatic rings. The molecule has 0 saturated heterocycles. The number of anilines is 1. The number of urea groups is 1. The zero-order valence-corrected chi connectivity index (χ0v) is 12.8. The summed E-state index contributed by atoms with van der Waals surface area (Å²) in [5.74, 6) is 0.728. The third-order valence-corrected chi connectivity index (χ3v) is 3.08. The average molecular weight is 280 g/mol. The number of aromatic nitrogens is 2. The van der Waals surface area contributed by atoms with E-state index in [4.69, 9.17) is 5.11 Å². The van der Waals surface area contributed by atoms with Crippen molar-refractivity contribution in [1.29, 1.82) is 0 Å². The summed E-state index contributed by atoms with van der Waals surface area (Å²) in [5, 5.41) is 14.5. The molecule has 0 saturated carbocycles. The molecule has 2 amide bonds. The van der Waals surface area contributed by atoms with Gasteiger partial charge in [-0.1, -0.05) is 27.7 Å². The van der Waals surface area contributed by atoms with Crippen molar-refractivity contribution in [2.75, 3.05) is 11.9 Å². The molecule has 3 N–H and O–H groups in total. The van der Waals surface area contributed by atoms with E-state index in [0.717, 1.165) is 5.82 Å². The minimum absolute atomic E-state index is 0.000247. The molecule has 0 aliphatic carbocycles. The maximum Gasteiger partial charge on any atom is 0.319 e. The van der Waals surface area contributed by atoms with Gasteiger partial charge in [-0.25, -0.2) is 14.8 Å². The number of nitrogens with zero attached hydrogens (tertiary/aromatic N) is 2. The Bertz CT molecular complexity index is 439. The summed E-state index contributed by atoms with van der Waals surface area (Å²) in [6.45, 7) is 9.83. The molecule has 1 heterocycles. The highest BCUT2D eigenvalue weighted by atomic mass is 16.3. The topological polar surface area (TPSA) is 87.1 Å². The number of nitrogens with one attached hydrogen (secondary N) is 2. The first-order valence-corrected chi connectivity index (χ1v) is 6.75. The lowest BCUT2D eigenvalue weighted by atomic mass is 9.96. The summed E-state index contributed by atoms with van der Waals surface area (Å²) < 4.78 is 0. The number of aliphatic hydroxyl groups is 1. The van der Waals surface area contributed by atoms with Crippen molar-refractivity contribution >= 4 is 11.7 Å². The van der Waals surface area contributed by atoms with Crippen LogP contribution in [0.1, 0.15) is 40.4 Å². The van der Waals surface area contributed by atoms with Gasteiger partial charge in [0, 0.05) is 18.1 Å². The van der Waals surface area contributed by atoms with E-state index in [2.05, 4.69) is 20.6 Å². The third kappa shape index (κ3) is 4.77. The normalized spacial score (nSPS) is 14.5. The second kappa shape index (κ2) is 6.65. The lowest BCUT2D eigenvalue weighted by Gasteiger charge is -2.20. The zero-order valence-electron chi connectivity index (χ0n) is 12.8. The van der Waals surface area contributed by atoms with Gasteiger partial charge in [0.25, 0.3) is 0 Å². The van der Waals surface area contributed by atoms with Crippen LogP contribution in [0.4, 0.5) is 10.5 Å². The molecule has 2 atom stereocenters. The molecule has 0 unspecified atom stereocenters. The number of hydrogen-bond acceptors (Lipinski definition) is 4. The van der Waals surface area contributed by atoms with E-state index in [1.54, 1.807) is 12.4 Å². The fraction of sp³-hybridized carbons (Fsp3) is 0.643. The Hall–Kier alpha value is -1.69. The molecule has 0 bridgehead atoms. The number of amides is 2. The Balaban J connectivity index is 2.59. The van der Waals surface area contributed by atoms with E-state index >= 15 is 0 Å². The lowest BCUT2D eigenvalue weighted by Crippen LogP contribution is -2.40. The Morgan fingerprint density at radius 2 is 1.85 bits per heavy atom. The molecule has 1 aromatic heterocycles. The highest BCUT2D eigenvalue weighted by Gasteiger charge is 2.17. The number of rotatable bonds is 4. The Morgan fingerprint density at radius 3 is 2.30 bits per heavy atom. The van der Waals surface area contributed by atoms with Crippen LogP contribution >= 0.6 is 0 Å². The lowest BCUT2D eigenvalue weighted by molar-refractivity contribution is 0.204. The number of carbonyl (C=O) groups excluding carboxylic acids is 1. The second-order valence-corrected chi connectivity index (χ2v) is 6.09. The molecule has 6 nitrogen and oxygen atoms in total. The number of carbonyl (C=O) groups is 1. The minimum atomic E-state index is -0.329. The van der Waals surface area contributed by atoms with E-state index < -0.39 is 0 Å². The number of aliphatic hydroxyl groups excluding tert-OH is 1. The largest absolute Gasteiger partial charge is 0.396 e. The van der Waals surface area contributed by atoms with Gasteiger partial charge >= 0.3 is 6.03 Å². The zero-order chi connectivity index (χ0) is 15.3. The molecular formula is C14H24N4O2. The standard InChI is InChI=1S/C14H24N4O2/c1-9(8-19)10(2)17-13(20)18-11-6-15-12(16-7-11)14(3,4)5/h6-7,9-10,19H,8H2,1-5H3,(H2,17,18,20)/t9-,10-/m0/s1. The maximum atomic E-state index is 11.8. The van der Waals surface area contributed by atoms with Gasteiger partial charge in [0.05, 0.1) is 18.1 Å². The van der Waals surface area contributed by atoms with Gasteiger partial charge in [-0.2, -0.15) is 0 Å². The Kier molecular flexibility index (Phi) is 5.44. The van der Waals surface area contributed by atoms with Gasteiger partial charge in [-0.3, -0.25) is 0 Å². The third-order valence-electron chi connectivity index (χ3n) is 3.08. The first-order chi connectivity index (χ1) is 9.24. The van der Waals surface area contributed by atoms with Crippen LogP contribution in [0.2, 0.25) is 0 Å². The molecule has 6 heteroatoms. The van der Waals surface area contributed by atoms with E-state index in [-0.39, 0.29) is 30.0 Å². The fourth-order valence-corrected chi connectivity index (χ4v) is 1.45. The van der Waals surface area contributed by atoms with Crippen LogP contribution in [0.5, 0.6) is 0 Å². The van der Waals surface area contributed by atoms with E-state index in [1.807, 2.05) is 34.6 Å². The highest BCUT2D eigenvalue weighted by molar-refractivity contribution is 5.89. The molecule has 0 spiro atoms. The van der Waals surface area contributed by atoms with Gasteiger partial charge < -0.3 is 15.7 Å². The molecule has 1 rings (SSSR count). The summed E-state index contributed by atoms with van der Waals surface area (Å²) in [7, 11) is 0. The predicted octanol–water partition coefficient (Wildman–Crippen LogP) is 1.91. The second-order valence-electron chi connectivity index (χ2n) is 6.09.